The summed E-state index contributed by atoms with van der Waals surface area (Å²) in [5.41, 5.74) is 0.451. The van der Waals surface area contributed by atoms with Crippen LogP contribution < -0.4 is 5.32 Å². The normalized spacial score (nSPS) is 23.0. The van der Waals surface area contributed by atoms with Crippen molar-refractivity contribution in [2.24, 2.45) is 0 Å². The molecule has 1 aliphatic rings. The number of ether oxygens (including phenoxy) is 3. The molecule has 0 radical (unpaired) electrons. The zero-order chi connectivity index (χ0) is 21.7. The topological polar surface area (TPSA) is 77.1 Å². The second kappa shape index (κ2) is 10.1. The van der Waals surface area contributed by atoms with E-state index >= 15 is 0 Å². The number of halogens is 1. The number of carbonyl (C=O) groups is 2. The Labute approximate surface area is 186 Å². The Kier molecular flexibility index (Phi) is 8.30. The van der Waals surface area contributed by atoms with Crippen LogP contribution in [-0.2, 0) is 25.5 Å². The van der Waals surface area contributed by atoms with Crippen molar-refractivity contribution in [3.63, 3.8) is 0 Å². The first kappa shape index (κ1) is 23.9. The van der Waals surface area contributed by atoms with Gasteiger partial charge in [0.2, 0.25) is 0 Å². The number of rotatable bonds is 7. The highest BCUT2D eigenvalue weighted by Crippen LogP contribution is 2.37. The van der Waals surface area contributed by atoms with Crippen LogP contribution in [0.5, 0.6) is 0 Å². The standard InChI is InChI=1S/C21H31IN2O5/c1-6-27-18(25)12-16(23-13-15-10-8-7-9-11-15)17-14-28-21(5,22)24(17)19(26)29-20(2,3)4/h7-11,16-17,23H,6,12-14H2,1-5H3/t16?,17-,21?/m1/s1. The molecule has 8 heteroatoms. The number of benzene rings is 1. The summed E-state index contributed by atoms with van der Waals surface area (Å²) in [6, 6.07) is 9.17. The Morgan fingerprint density at radius 3 is 2.59 bits per heavy atom. The number of hydrogen-bond donors (Lipinski definition) is 1. The summed E-state index contributed by atoms with van der Waals surface area (Å²) in [7, 11) is 0. The number of alkyl halides is 1. The van der Waals surface area contributed by atoms with E-state index in [-0.39, 0.29) is 24.5 Å². The van der Waals surface area contributed by atoms with Gasteiger partial charge in [-0.3, -0.25) is 9.69 Å². The van der Waals surface area contributed by atoms with Gasteiger partial charge in [0.25, 0.3) is 0 Å². The lowest BCUT2D eigenvalue weighted by molar-refractivity contribution is -0.144. The van der Waals surface area contributed by atoms with Crippen molar-refractivity contribution in [3.05, 3.63) is 35.9 Å². The van der Waals surface area contributed by atoms with Crippen LogP contribution in [0.15, 0.2) is 30.3 Å². The third-order valence-corrected chi connectivity index (χ3v) is 5.27. The predicted molar refractivity (Wildman–Crippen MR) is 119 cm³/mol. The zero-order valence-corrected chi connectivity index (χ0v) is 19.9. The highest BCUT2D eigenvalue weighted by molar-refractivity contribution is 14.1. The van der Waals surface area contributed by atoms with Crippen LogP contribution in [0.4, 0.5) is 4.79 Å². The Morgan fingerprint density at radius 1 is 1.34 bits per heavy atom. The quantitative estimate of drug-likeness (QED) is 0.256. The Hall–Kier alpha value is -1.39. The Balaban J connectivity index is 2.23. The van der Waals surface area contributed by atoms with Crippen LogP contribution in [0.25, 0.3) is 0 Å². The maximum Gasteiger partial charge on any atom is 0.413 e. The SMILES string of the molecule is CCOC(=O)CC(NCc1ccccc1)[C@H]1COC(C)(I)N1C(=O)OC(C)(C)C. The van der Waals surface area contributed by atoms with Gasteiger partial charge in [0.05, 0.1) is 25.7 Å². The first-order valence-corrected chi connectivity index (χ1v) is 10.9. The second-order valence-corrected chi connectivity index (χ2v) is 10.1. The zero-order valence-electron chi connectivity index (χ0n) is 17.7. The molecule has 162 valence electrons. The first-order chi connectivity index (χ1) is 13.5. The van der Waals surface area contributed by atoms with Crippen molar-refractivity contribution in [3.8, 4) is 0 Å². The van der Waals surface area contributed by atoms with Crippen LogP contribution >= 0.6 is 22.6 Å². The van der Waals surface area contributed by atoms with Gasteiger partial charge < -0.3 is 19.5 Å². The predicted octanol–water partition coefficient (Wildman–Crippen LogP) is 3.84. The van der Waals surface area contributed by atoms with Crippen molar-refractivity contribution < 1.29 is 23.8 Å². The Bertz CT molecular complexity index is 690. The molecule has 1 fully saturated rings. The van der Waals surface area contributed by atoms with E-state index in [1.54, 1.807) is 11.8 Å². The molecule has 0 bridgehead atoms. The van der Waals surface area contributed by atoms with E-state index in [0.717, 1.165) is 5.56 Å². The van der Waals surface area contributed by atoms with Crippen molar-refractivity contribution >= 4 is 34.7 Å². The molecule has 1 aliphatic heterocycles. The number of esters is 1. The third kappa shape index (κ3) is 7.11. The molecule has 0 spiro atoms. The summed E-state index contributed by atoms with van der Waals surface area (Å²) in [4.78, 5) is 26.8. The van der Waals surface area contributed by atoms with E-state index in [2.05, 4.69) is 27.9 Å². The Morgan fingerprint density at radius 2 is 2.00 bits per heavy atom. The maximum atomic E-state index is 13.0. The minimum atomic E-state index is -0.869. The van der Waals surface area contributed by atoms with Gasteiger partial charge in [-0.15, -0.1) is 0 Å². The average molecular weight is 518 g/mol. The number of nitrogens with zero attached hydrogens (tertiary/aromatic N) is 1. The molecular formula is C21H31IN2O5. The number of nitrogens with one attached hydrogen (secondary N) is 1. The molecule has 29 heavy (non-hydrogen) atoms. The first-order valence-electron chi connectivity index (χ1n) is 9.81. The summed E-state index contributed by atoms with van der Waals surface area (Å²) in [6.45, 7) is 10.2. The lowest BCUT2D eigenvalue weighted by Crippen LogP contribution is -2.55. The van der Waals surface area contributed by atoms with Crippen LogP contribution in [0.2, 0.25) is 0 Å². The highest BCUT2D eigenvalue weighted by Gasteiger charge is 2.50. The summed E-state index contributed by atoms with van der Waals surface area (Å²) >= 11 is 2.09. The average Bonchev–Trinajstić information content (AvgIpc) is 2.93. The van der Waals surface area contributed by atoms with E-state index < -0.39 is 15.4 Å². The molecule has 1 amide bonds. The fourth-order valence-electron chi connectivity index (χ4n) is 3.17. The summed E-state index contributed by atoms with van der Waals surface area (Å²) in [6.07, 6.45) is -0.340. The molecule has 0 aliphatic carbocycles. The van der Waals surface area contributed by atoms with Gasteiger partial charge in [-0.1, -0.05) is 30.3 Å². The third-order valence-electron chi connectivity index (χ3n) is 4.44. The lowest BCUT2D eigenvalue weighted by atomic mass is 10.0. The van der Waals surface area contributed by atoms with Gasteiger partial charge in [-0.2, -0.15) is 0 Å². The lowest BCUT2D eigenvalue weighted by Gasteiger charge is -2.36. The van der Waals surface area contributed by atoms with Crippen LogP contribution in [0, 0.1) is 0 Å². The summed E-state index contributed by atoms with van der Waals surface area (Å²) < 4.78 is 15.8. The van der Waals surface area contributed by atoms with E-state index in [9.17, 15) is 9.59 Å². The second-order valence-electron chi connectivity index (χ2n) is 8.08. The van der Waals surface area contributed by atoms with Crippen LogP contribution in [0.1, 0.15) is 46.6 Å². The van der Waals surface area contributed by atoms with E-state index in [1.165, 1.54) is 0 Å². The number of amides is 1. The van der Waals surface area contributed by atoms with E-state index in [1.807, 2.05) is 58.0 Å². The molecular weight excluding hydrogens is 487 g/mol. The van der Waals surface area contributed by atoms with Gasteiger partial charge in [0.15, 0.2) is 3.73 Å². The van der Waals surface area contributed by atoms with Crippen LogP contribution in [-0.4, -0.2) is 51.6 Å². The molecule has 1 saturated heterocycles. The minimum Gasteiger partial charge on any atom is -0.466 e. The molecule has 0 aromatic heterocycles. The number of hydrogen-bond acceptors (Lipinski definition) is 6. The smallest absolute Gasteiger partial charge is 0.413 e. The van der Waals surface area contributed by atoms with Gasteiger partial charge in [0, 0.05) is 12.6 Å². The van der Waals surface area contributed by atoms with Crippen molar-refractivity contribution in [2.75, 3.05) is 13.2 Å². The molecule has 1 heterocycles. The molecule has 2 rings (SSSR count). The molecule has 0 saturated carbocycles. The van der Waals surface area contributed by atoms with E-state index in [4.69, 9.17) is 14.2 Å². The van der Waals surface area contributed by atoms with Crippen molar-refractivity contribution in [2.45, 2.75) is 69.0 Å². The van der Waals surface area contributed by atoms with Gasteiger partial charge >= 0.3 is 12.1 Å². The minimum absolute atomic E-state index is 0.126. The van der Waals surface area contributed by atoms with Gasteiger partial charge in [-0.05, 0) is 62.8 Å². The van der Waals surface area contributed by atoms with Crippen LogP contribution in [0.3, 0.4) is 0 Å². The summed E-state index contributed by atoms with van der Waals surface area (Å²) in [5.74, 6) is -0.315. The summed E-state index contributed by atoms with van der Waals surface area (Å²) in [5, 5.41) is 3.42. The fraction of sp³-hybridized carbons (Fsp3) is 0.619. The van der Waals surface area contributed by atoms with Gasteiger partial charge in [-0.25, -0.2) is 4.79 Å². The molecule has 1 aromatic rings. The van der Waals surface area contributed by atoms with Crippen molar-refractivity contribution in [1.29, 1.82) is 0 Å². The van der Waals surface area contributed by atoms with Crippen molar-refractivity contribution in [1.82, 2.24) is 10.2 Å². The number of carbonyl (C=O) groups excluding carboxylic acids is 2. The molecule has 2 unspecified atom stereocenters. The van der Waals surface area contributed by atoms with E-state index in [0.29, 0.717) is 19.8 Å². The largest absolute Gasteiger partial charge is 0.466 e. The fourth-order valence-corrected chi connectivity index (χ4v) is 3.91. The highest BCUT2D eigenvalue weighted by atomic mass is 127. The maximum absolute atomic E-state index is 13.0. The molecule has 3 atom stereocenters. The monoisotopic (exact) mass is 518 g/mol. The molecule has 7 nitrogen and oxygen atoms in total. The molecule has 1 N–H and O–H groups in total. The molecule has 1 aromatic carbocycles. The van der Waals surface area contributed by atoms with Gasteiger partial charge in [0.1, 0.15) is 5.60 Å².